The lowest BCUT2D eigenvalue weighted by Crippen LogP contribution is -2.52. The largest absolute Gasteiger partial charge is 0.412 e. The number of hydrogen-bond donors (Lipinski definition) is 0. The van der Waals surface area contributed by atoms with E-state index in [0.29, 0.717) is 36.0 Å². The molecule has 0 atom stereocenters. The molecule has 35 heavy (non-hydrogen) atoms. The van der Waals surface area contributed by atoms with Gasteiger partial charge in [0, 0.05) is 38.9 Å². The summed E-state index contributed by atoms with van der Waals surface area (Å²) < 4.78 is 26.9. The van der Waals surface area contributed by atoms with Crippen molar-refractivity contribution in [2.24, 2.45) is 0 Å². The average molecular weight is 502 g/mol. The molecule has 4 rings (SSSR count). The minimum Gasteiger partial charge on any atom is -0.412 e. The second-order valence-electron chi connectivity index (χ2n) is 10.8. The highest BCUT2D eigenvalue weighted by Crippen LogP contribution is 2.37. The van der Waals surface area contributed by atoms with E-state index in [4.69, 9.17) is 9.16 Å². The van der Waals surface area contributed by atoms with Gasteiger partial charge < -0.3 is 23.9 Å². The van der Waals surface area contributed by atoms with Crippen LogP contribution in [0, 0.1) is 5.82 Å². The number of halogens is 1. The number of rotatable bonds is 7. The van der Waals surface area contributed by atoms with Crippen LogP contribution in [0.5, 0.6) is 0 Å². The first kappa shape index (κ1) is 25.5. The van der Waals surface area contributed by atoms with Crippen molar-refractivity contribution in [1.82, 2.24) is 9.97 Å². The maximum Gasteiger partial charge on any atom is 0.246 e. The molecule has 2 aliphatic rings. The summed E-state index contributed by atoms with van der Waals surface area (Å²) in [7, 11) is -0.306. The fraction of sp³-hybridized carbons (Fsp3) is 0.560. The zero-order chi connectivity index (χ0) is 25.4. The highest BCUT2D eigenvalue weighted by atomic mass is 28.4. The van der Waals surface area contributed by atoms with E-state index in [2.05, 4.69) is 43.8 Å². The van der Waals surface area contributed by atoms with E-state index in [9.17, 15) is 4.79 Å². The second-order valence-corrected chi connectivity index (χ2v) is 15.6. The van der Waals surface area contributed by atoms with E-state index in [1.165, 1.54) is 0 Å². The summed E-state index contributed by atoms with van der Waals surface area (Å²) in [5, 5.41) is 0.0490. The van der Waals surface area contributed by atoms with Gasteiger partial charge in [-0.15, -0.1) is 0 Å². The van der Waals surface area contributed by atoms with E-state index >= 15 is 4.39 Å². The molecule has 0 spiro atoms. The molecule has 2 saturated heterocycles. The number of benzene rings is 1. The van der Waals surface area contributed by atoms with Crippen molar-refractivity contribution >= 4 is 31.5 Å². The van der Waals surface area contributed by atoms with Crippen LogP contribution in [0.3, 0.4) is 0 Å². The third-order valence-corrected chi connectivity index (χ3v) is 11.9. The number of piperazine rings is 1. The van der Waals surface area contributed by atoms with Gasteiger partial charge in [-0.05, 0) is 24.2 Å². The first-order valence-electron chi connectivity index (χ1n) is 12.1. The van der Waals surface area contributed by atoms with Crippen molar-refractivity contribution in [1.29, 1.82) is 0 Å². The molecule has 0 unspecified atom stereocenters. The van der Waals surface area contributed by atoms with Crippen LogP contribution in [0.1, 0.15) is 26.3 Å². The Hall–Kier alpha value is -2.56. The monoisotopic (exact) mass is 501 g/mol. The molecule has 0 aliphatic carbocycles. The number of aromatic nitrogens is 2. The Morgan fingerprint density at radius 3 is 2.40 bits per heavy atom. The Kier molecular flexibility index (Phi) is 7.17. The predicted octanol–water partition coefficient (Wildman–Crippen LogP) is 3.83. The van der Waals surface area contributed by atoms with Crippen LogP contribution in [-0.4, -0.2) is 70.1 Å². The Morgan fingerprint density at radius 1 is 1.11 bits per heavy atom. The second kappa shape index (κ2) is 9.83. The van der Waals surface area contributed by atoms with Crippen molar-refractivity contribution in [3.63, 3.8) is 0 Å². The molecule has 2 aliphatic heterocycles. The quantitative estimate of drug-likeness (QED) is 0.534. The molecule has 1 amide bonds. The third-order valence-electron chi connectivity index (χ3n) is 7.41. The molecular weight excluding hydrogens is 465 g/mol. The number of amides is 1. The summed E-state index contributed by atoms with van der Waals surface area (Å²) in [4.78, 5) is 27.3. The number of anilines is 3. The van der Waals surface area contributed by atoms with Crippen LogP contribution in [-0.2, 0) is 20.6 Å². The fourth-order valence-corrected chi connectivity index (χ4v) is 4.87. The van der Waals surface area contributed by atoms with E-state index in [0.717, 1.165) is 13.1 Å². The maximum atomic E-state index is 15.4. The molecule has 8 nitrogen and oxygen atoms in total. The van der Waals surface area contributed by atoms with Gasteiger partial charge in [0.1, 0.15) is 0 Å². The summed E-state index contributed by atoms with van der Waals surface area (Å²) in [5.74, 6) is 0.203. The summed E-state index contributed by atoms with van der Waals surface area (Å²) in [6, 6.07) is 5.32. The van der Waals surface area contributed by atoms with Gasteiger partial charge >= 0.3 is 0 Å². The first-order valence-corrected chi connectivity index (χ1v) is 15.0. The van der Waals surface area contributed by atoms with Gasteiger partial charge in [-0.1, -0.05) is 32.9 Å². The predicted molar refractivity (Wildman–Crippen MR) is 138 cm³/mol. The molecule has 1 aromatic carbocycles. The minimum absolute atomic E-state index is 0.0490. The SMILES string of the molecule is COC1CN(c2ncc(N3CCN(c4cccc(CO[Si](C)(C)C(C)(C)C)c4F)CC3=O)cn2)C1. The molecule has 0 bridgehead atoms. The van der Waals surface area contributed by atoms with Crippen LogP contribution in [0.4, 0.5) is 21.7 Å². The smallest absolute Gasteiger partial charge is 0.246 e. The van der Waals surface area contributed by atoms with Crippen molar-refractivity contribution in [2.45, 2.75) is 51.6 Å². The number of carbonyl (C=O) groups excluding carboxylic acids is 1. The van der Waals surface area contributed by atoms with Gasteiger partial charge in [-0.3, -0.25) is 4.79 Å². The molecule has 10 heteroatoms. The molecule has 0 radical (unpaired) electrons. The van der Waals surface area contributed by atoms with Crippen molar-refractivity contribution in [3.05, 3.63) is 42.0 Å². The summed E-state index contributed by atoms with van der Waals surface area (Å²) in [6.07, 6.45) is 3.57. The van der Waals surface area contributed by atoms with Gasteiger partial charge in [0.05, 0.1) is 43.0 Å². The molecule has 0 saturated carbocycles. The highest BCUT2D eigenvalue weighted by molar-refractivity contribution is 6.74. The third kappa shape index (κ3) is 5.34. The topological polar surface area (TPSA) is 71.0 Å². The molecule has 2 fully saturated rings. The van der Waals surface area contributed by atoms with Crippen molar-refractivity contribution in [3.8, 4) is 0 Å². The zero-order valence-corrected chi connectivity index (χ0v) is 22.5. The Labute approximate surface area is 208 Å². The van der Waals surface area contributed by atoms with E-state index in [-0.39, 0.29) is 36.0 Å². The lowest BCUT2D eigenvalue weighted by Gasteiger charge is -2.38. The standard InChI is InChI=1S/C25H36FN5O3Si/c1-25(2,3)35(5,6)34-17-18-8-7-9-21(23(18)26)29-10-11-31(22(32)16-29)19-12-27-24(28-13-19)30-14-20(15-30)33-4/h7-9,12-13,20H,10-11,14-17H2,1-6H3. The first-order chi connectivity index (χ1) is 16.5. The molecule has 2 aromatic rings. The highest BCUT2D eigenvalue weighted by Gasteiger charge is 2.37. The van der Waals surface area contributed by atoms with E-state index < -0.39 is 8.32 Å². The number of hydrogen-bond acceptors (Lipinski definition) is 7. The lowest BCUT2D eigenvalue weighted by atomic mass is 10.1. The summed E-state index contributed by atoms with van der Waals surface area (Å²) in [5.41, 5.74) is 1.61. The van der Waals surface area contributed by atoms with Gasteiger partial charge in [0.2, 0.25) is 11.9 Å². The summed E-state index contributed by atoms with van der Waals surface area (Å²) >= 11 is 0. The number of carbonyl (C=O) groups is 1. The lowest BCUT2D eigenvalue weighted by molar-refractivity contribution is -0.117. The van der Waals surface area contributed by atoms with Crippen LogP contribution in [0.2, 0.25) is 18.1 Å². The number of ether oxygens (including phenoxy) is 1. The molecule has 0 N–H and O–H groups in total. The van der Waals surface area contributed by atoms with Gasteiger partial charge in [-0.25, -0.2) is 14.4 Å². The number of nitrogens with zero attached hydrogens (tertiary/aromatic N) is 5. The van der Waals surface area contributed by atoms with Crippen LogP contribution in [0.25, 0.3) is 0 Å². The van der Waals surface area contributed by atoms with Crippen LogP contribution >= 0.6 is 0 Å². The van der Waals surface area contributed by atoms with E-state index in [1.807, 2.05) is 11.0 Å². The normalized spacial score (nSPS) is 17.7. The number of methoxy groups -OCH3 is 1. The summed E-state index contributed by atoms with van der Waals surface area (Å²) in [6.45, 7) is 13.6. The molecule has 3 heterocycles. The van der Waals surface area contributed by atoms with Gasteiger partial charge in [0.15, 0.2) is 14.1 Å². The van der Waals surface area contributed by atoms with Crippen LogP contribution < -0.4 is 14.7 Å². The van der Waals surface area contributed by atoms with Gasteiger partial charge in [-0.2, -0.15) is 0 Å². The maximum absolute atomic E-state index is 15.4. The molecular formula is C25H36FN5O3Si. The van der Waals surface area contributed by atoms with Crippen molar-refractivity contribution in [2.75, 3.05) is 54.5 Å². The molecule has 190 valence electrons. The fourth-order valence-electron chi connectivity index (χ4n) is 3.92. The Balaban J connectivity index is 1.40. The minimum atomic E-state index is -2.00. The zero-order valence-electron chi connectivity index (χ0n) is 21.5. The van der Waals surface area contributed by atoms with Crippen molar-refractivity contribution < 1.29 is 18.3 Å². The van der Waals surface area contributed by atoms with Gasteiger partial charge in [0.25, 0.3) is 0 Å². The molecule has 1 aromatic heterocycles. The average Bonchev–Trinajstić information content (AvgIpc) is 2.77. The Bertz CT molecular complexity index is 1050. The van der Waals surface area contributed by atoms with Crippen LogP contribution in [0.15, 0.2) is 30.6 Å². The van der Waals surface area contributed by atoms with E-state index in [1.54, 1.807) is 41.4 Å². The Morgan fingerprint density at radius 2 is 1.80 bits per heavy atom.